The molecule has 0 aliphatic carbocycles. The van der Waals surface area contributed by atoms with Crippen LogP contribution >= 0.6 is 12.1 Å². The monoisotopic (exact) mass is 235 g/mol. The third-order valence-corrected chi connectivity index (χ3v) is 4.36. The molecule has 1 unspecified atom stereocenters. The third-order valence-electron chi connectivity index (χ3n) is 3.39. The summed E-state index contributed by atoms with van der Waals surface area (Å²) >= 11 is 1.76. The number of fused-ring (bicyclic) bond motifs is 1. The van der Waals surface area contributed by atoms with Crippen molar-refractivity contribution < 1.29 is 0 Å². The lowest BCUT2D eigenvalue weighted by Crippen LogP contribution is -2.34. The fraction of sp³-hybridized carbons (Fsp3) is 0.500. The minimum Gasteiger partial charge on any atom is -0.316 e. The van der Waals surface area contributed by atoms with Crippen molar-refractivity contribution in [1.29, 1.82) is 0 Å². The second kappa shape index (κ2) is 4.28. The van der Waals surface area contributed by atoms with E-state index in [1.807, 2.05) is 0 Å². The first-order chi connectivity index (χ1) is 7.83. The predicted octanol–water partition coefficient (Wildman–Crippen LogP) is 2.18. The van der Waals surface area contributed by atoms with Gasteiger partial charge in [-0.05, 0) is 31.6 Å². The third kappa shape index (κ3) is 1.93. The molecule has 2 aliphatic rings. The fourth-order valence-corrected chi connectivity index (χ4v) is 3.36. The predicted molar refractivity (Wildman–Crippen MR) is 69.1 cm³/mol. The molecule has 16 heavy (non-hydrogen) atoms. The number of nitrogens with zero attached hydrogens (tertiary/aromatic N) is 2. The van der Waals surface area contributed by atoms with Gasteiger partial charge < -0.3 is 9.62 Å². The second-order valence-corrected chi connectivity index (χ2v) is 5.49. The smallest absolute Gasteiger partial charge is 0.0497 e. The van der Waals surface area contributed by atoms with Crippen molar-refractivity contribution in [1.82, 2.24) is 9.21 Å². The van der Waals surface area contributed by atoms with Gasteiger partial charge in [0.2, 0.25) is 0 Å². The van der Waals surface area contributed by atoms with E-state index in [2.05, 4.69) is 45.2 Å². The Hall–Kier alpha value is -0.710. The second-order valence-electron chi connectivity index (χ2n) is 4.63. The first-order valence-electron chi connectivity index (χ1n) is 5.79. The number of likely N-dealkylation sites (N-methyl/N-ethyl adjacent to an activating group) is 1. The summed E-state index contributed by atoms with van der Waals surface area (Å²) in [5.74, 6) is 0. The largest absolute Gasteiger partial charge is 0.316 e. The normalized spacial score (nSPS) is 26.4. The topological polar surface area (TPSA) is 18.5 Å². The van der Waals surface area contributed by atoms with Crippen LogP contribution in [0.4, 0.5) is 5.69 Å². The van der Waals surface area contributed by atoms with E-state index in [0.29, 0.717) is 6.04 Å². The van der Waals surface area contributed by atoms with Crippen LogP contribution in [-0.4, -0.2) is 35.4 Å². The summed E-state index contributed by atoms with van der Waals surface area (Å²) in [7, 11) is 2.20. The zero-order valence-corrected chi connectivity index (χ0v) is 10.3. The Balaban J connectivity index is 1.73. The highest BCUT2D eigenvalue weighted by molar-refractivity contribution is 7.98. The Bertz CT molecular complexity index is 382. The van der Waals surface area contributed by atoms with Crippen LogP contribution in [0, 0.1) is 0 Å². The Morgan fingerprint density at radius 3 is 3.06 bits per heavy atom. The minimum absolute atomic E-state index is 0.691. The summed E-state index contributed by atoms with van der Waals surface area (Å²) in [6, 6.07) is 9.27. The van der Waals surface area contributed by atoms with Crippen LogP contribution in [0.1, 0.15) is 12.0 Å². The van der Waals surface area contributed by atoms with E-state index >= 15 is 0 Å². The summed E-state index contributed by atoms with van der Waals surface area (Å²) in [5.41, 5.74) is 2.69. The molecule has 1 aromatic rings. The van der Waals surface area contributed by atoms with Gasteiger partial charge in [0.15, 0.2) is 0 Å². The zero-order chi connectivity index (χ0) is 11.0. The van der Waals surface area contributed by atoms with Crippen molar-refractivity contribution in [3.05, 3.63) is 29.8 Å². The Labute approximate surface area is 101 Å². The van der Waals surface area contributed by atoms with Crippen LogP contribution in [0.25, 0.3) is 0 Å². The van der Waals surface area contributed by atoms with Gasteiger partial charge in [-0.3, -0.25) is 0 Å². The number of nitrogens with one attached hydrogen (secondary N) is 1. The highest BCUT2D eigenvalue weighted by Crippen LogP contribution is 2.32. The molecule has 86 valence electrons. The lowest BCUT2D eigenvalue weighted by molar-refractivity contribution is 0.328. The molecule has 2 aliphatic heterocycles. The Morgan fingerprint density at radius 1 is 1.38 bits per heavy atom. The van der Waals surface area contributed by atoms with Crippen LogP contribution in [0.15, 0.2) is 24.3 Å². The van der Waals surface area contributed by atoms with Crippen LogP contribution in [0.2, 0.25) is 0 Å². The molecule has 1 N–H and O–H groups in total. The van der Waals surface area contributed by atoms with Gasteiger partial charge in [-0.2, -0.15) is 0 Å². The van der Waals surface area contributed by atoms with E-state index in [1.54, 1.807) is 12.1 Å². The van der Waals surface area contributed by atoms with Gasteiger partial charge in [-0.15, -0.1) is 0 Å². The molecule has 1 aromatic carbocycles. The van der Waals surface area contributed by atoms with Gasteiger partial charge in [0.25, 0.3) is 0 Å². The molecule has 4 heteroatoms. The van der Waals surface area contributed by atoms with Crippen molar-refractivity contribution in [2.24, 2.45) is 0 Å². The molecule has 1 saturated heterocycles. The van der Waals surface area contributed by atoms with Crippen molar-refractivity contribution in [3.8, 4) is 0 Å². The first-order valence-corrected chi connectivity index (χ1v) is 6.56. The van der Waals surface area contributed by atoms with Gasteiger partial charge in [0, 0.05) is 37.0 Å². The summed E-state index contributed by atoms with van der Waals surface area (Å²) in [6.07, 6.45) is 1.29. The molecular formula is C12H17N3S. The van der Waals surface area contributed by atoms with Crippen molar-refractivity contribution in [2.75, 3.05) is 24.9 Å². The van der Waals surface area contributed by atoms with Crippen LogP contribution in [-0.2, 0) is 6.54 Å². The van der Waals surface area contributed by atoms with E-state index < -0.39 is 0 Å². The van der Waals surface area contributed by atoms with Crippen LogP contribution in [0.3, 0.4) is 0 Å². The summed E-state index contributed by atoms with van der Waals surface area (Å²) in [4.78, 5) is 2.41. The molecule has 0 saturated carbocycles. The summed E-state index contributed by atoms with van der Waals surface area (Å²) in [6.45, 7) is 3.48. The van der Waals surface area contributed by atoms with E-state index in [1.165, 1.54) is 30.8 Å². The number of rotatable bonds is 1. The lowest BCUT2D eigenvalue weighted by atomic mass is 10.1. The van der Waals surface area contributed by atoms with Gasteiger partial charge in [-0.1, -0.05) is 18.2 Å². The van der Waals surface area contributed by atoms with Gasteiger partial charge >= 0.3 is 0 Å². The van der Waals surface area contributed by atoms with E-state index in [4.69, 9.17) is 0 Å². The summed E-state index contributed by atoms with van der Waals surface area (Å²) in [5, 5.41) is 0. The standard InChI is InChI=1S/C12H17N3S/c1-14-7-6-11(9-14)15-8-10-4-2-3-5-12(10)13-16-15/h2-5,11,13H,6-9H2,1H3. The van der Waals surface area contributed by atoms with E-state index in [-0.39, 0.29) is 0 Å². The molecule has 2 heterocycles. The minimum atomic E-state index is 0.691. The zero-order valence-electron chi connectivity index (χ0n) is 9.52. The average Bonchev–Trinajstić information content (AvgIpc) is 2.75. The van der Waals surface area contributed by atoms with Gasteiger partial charge in [0.05, 0.1) is 0 Å². The van der Waals surface area contributed by atoms with Crippen molar-refractivity contribution >= 4 is 17.8 Å². The SMILES string of the molecule is CN1CCC(N2Cc3ccccc3NS2)C1. The van der Waals surface area contributed by atoms with Crippen LogP contribution in [0.5, 0.6) is 0 Å². The maximum atomic E-state index is 3.43. The fourth-order valence-electron chi connectivity index (χ4n) is 2.42. The summed E-state index contributed by atoms with van der Waals surface area (Å²) < 4.78 is 5.91. The molecule has 0 spiro atoms. The maximum absolute atomic E-state index is 3.43. The molecule has 3 rings (SSSR count). The van der Waals surface area contributed by atoms with Crippen molar-refractivity contribution in [3.63, 3.8) is 0 Å². The lowest BCUT2D eigenvalue weighted by Gasteiger charge is -2.32. The van der Waals surface area contributed by atoms with Crippen molar-refractivity contribution in [2.45, 2.75) is 19.0 Å². The number of para-hydroxylation sites is 1. The molecule has 0 aromatic heterocycles. The number of anilines is 1. The Morgan fingerprint density at radius 2 is 2.25 bits per heavy atom. The highest BCUT2D eigenvalue weighted by atomic mass is 32.2. The molecule has 0 bridgehead atoms. The number of benzene rings is 1. The van der Waals surface area contributed by atoms with E-state index in [0.717, 1.165) is 6.54 Å². The molecule has 1 atom stereocenters. The van der Waals surface area contributed by atoms with Crippen LogP contribution < -0.4 is 4.72 Å². The maximum Gasteiger partial charge on any atom is 0.0497 e. The first kappa shape index (κ1) is 10.4. The molecule has 0 radical (unpaired) electrons. The molecule has 3 nitrogen and oxygen atoms in total. The number of likely N-dealkylation sites (tertiary alicyclic amines) is 1. The highest BCUT2D eigenvalue weighted by Gasteiger charge is 2.28. The molecule has 1 fully saturated rings. The number of hydrogen-bond acceptors (Lipinski definition) is 4. The van der Waals surface area contributed by atoms with Gasteiger partial charge in [-0.25, -0.2) is 4.31 Å². The molecule has 0 amide bonds. The molecular weight excluding hydrogens is 218 g/mol. The van der Waals surface area contributed by atoms with E-state index in [9.17, 15) is 0 Å². The average molecular weight is 235 g/mol. The Kier molecular flexibility index (Phi) is 2.79. The number of hydrogen-bond donors (Lipinski definition) is 1. The van der Waals surface area contributed by atoms with Gasteiger partial charge in [0.1, 0.15) is 0 Å². The quantitative estimate of drug-likeness (QED) is 0.752.